The maximum absolute atomic E-state index is 12.8. The zero-order chi connectivity index (χ0) is 21.8. The van der Waals surface area contributed by atoms with Crippen LogP contribution in [0, 0.1) is 5.41 Å². The molecule has 1 fully saturated rings. The van der Waals surface area contributed by atoms with E-state index >= 15 is 0 Å². The maximum atomic E-state index is 12.8. The van der Waals surface area contributed by atoms with E-state index in [1.165, 1.54) is 12.5 Å². The Morgan fingerprint density at radius 2 is 1.97 bits per heavy atom. The van der Waals surface area contributed by atoms with Crippen molar-refractivity contribution in [2.75, 3.05) is 18.5 Å². The van der Waals surface area contributed by atoms with Crippen molar-refractivity contribution < 1.29 is 19.1 Å². The van der Waals surface area contributed by atoms with Gasteiger partial charge in [0.2, 0.25) is 0 Å². The van der Waals surface area contributed by atoms with Crippen LogP contribution in [0.1, 0.15) is 36.8 Å². The molecule has 158 valence electrons. The van der Waals surface area contributed by atoms with Crippen LogP contribution in [0.15, 0.2) is 42.9 Å². The molecule has 10 nitrogen and oxygen atoms in total. The zero-order valence-electron chi connectivity index (χ0n) is 17.0. The highest BCUT2D eigenvalue weighted by atomic mass is 16.6. The molecule has 0 atom stereocenters. The largest absolute Gasteiger partial charge is 0.456 e. The average molecular weight is 412 g/mol. The van der Waals surface area contributed by atoms with Crippen molar-refractivity contribution in [1.82, 2.24) is 20.8 Å². The number of hydrogen-bond acceptors (Lipinski definition) is 8. The number of hydrogen-bond donors (Lipinski definition) is 4. The zero-order valence-corrected chi connectivity index (χ0v) is 17.0. The van der Waals surface area contributed by atoms with E-state index in [4.69, 9.17) is 14.9 Å². The van der Waals surface area contributed by atoms with Gasteiger partial charge in [0.25, 0.3) is 5.91 Å². The number of aromatic nitrogens is 2. The normalized spacial score (nSPS) is 14.8. The third-order valence-corrected chi connectivity index (χ3v) is 4.15. The molecule has 0 saturated carbocycles. The van der Waals surface area contributed by atoms with Gasteiger partial charge in [-0.05, 0) is 45.0 Å². The Balaban J connectivity index is 1.65. The second-order valence-electron chi connectivity index (χ2n) is 7.83. The Labute approximate surface area is 173 Å². The summed E-state index contributed by atoms with van der Waals surface area (Å²) in [7, 11) is 0. The molecule has 10 heteroatoms. The van der Waals surface area contributed by atoms with Gasteiger partial charge in [0.15, 0.2) is 11.4 Å². The van der Waals surface area contributed by atoms with Gasteiger partial charge < -0.3 is 14.8 Å². The molecule has 3 rings (SSSR count). The molecule has 1 aliphatic rings. The maximum Gasteiger partial charge on any atom is 0.338 e. The number of hydrazine groups is 1. The molecule has 2 heterocycles. The molecule has 0 radical (unpaired) electrons. The summed E-state index contributed by atoms with van der Waals surface area (Å²) in [5, 5.41) is 11.1. The number of rotatable bonds is 5. The predicted molar refractivity (Wildman–Crippen MR) is 109 cm³/mol. The number of carbonyl (C=O) groups is 2. The molecule has 0 unspecified atom stereocenters. The van der Waals surface area contributed by atoms with E-state index in [9.17, 15) is 9.59 Å². The molecule has 4 N–H and O–H groups in total. The number of benzene rings is 1. The van der Waals surface area contributed by atoms with Gasteiger partial charge in [-0.25, -0.2) is 14.8 Å². The number of anilines is 1. The summed E-state index contributed by atoms with van der Waals surface area (Å²) in [6, 6.07) is 8.27. The van der Waals surface area contributed by atoms with Gasteiger partial charge >= 0.3 is 5.97 Å². The van der Waals surface area contributed by atoms with Gasteiger partial charge in [-0.2, -0.15) is 0 Å². The Hall–Kier alpha value is -3.53. The van der Waals surface area contributed by atoms with Crippen LogP contribution in [0.3, 0.4) is 0 Å². The highest BCUT2D eigenvalue weighted by Crippen LogP contribution is 2.25. The molecule has 1 aromatic carbocycles. The minimum atomic E-state index is -1.04. The van der Waals surface area contributed by atoms with Crippen molar-refractivity contribution in [2.24, 2.45) is 0 Å². The number of carbonyl (C=O) groups excluding carboxylic acids is 2. The van der Waals surface area contributed by atoms with Crippen molar-refractivity contribution >= 4 is 23.4 Å². The summed E-state index contributed by atoms with van der Waals surface area (Å²) in [5.74, 6) is -0.933. The third kappa shape index (κ3) is 5.09. The summed E-state index contributed by atoms with van der Waals surface area (Å²) in [4.78, 5) is 32.8. The summed E-state index contributed by atoms with van der Waals surface area (Å²) < 4.78 is 10.6. The van der Waals surface area contributed by atoms with E-state index in [0.29, 0.717) is 16.9 Å². The molecule has 2 aromatic rings. The first-order chi connectivity index (χ1) is 14.2. The first-order valence-corrected chi connectivity index (χ1v) is 9.29. The summed E-state index contributed by atoms with van der Waals surface area (Å²) in [6.45, 7) is 5.66. The molecule has 1 saturated heterocycles. The predicted octanol–water partition coefficient (Wildman–Crippen LogP) is 1.26. The Morgan fingerprint density at radius 3 is 2.57 bits per heavy atom. The van der Waals surface area contributed by atoms with Crippen LogP contribution in [0.25, 0.3) is 0 Å². The first kappa shape index (κ1) is 21.2. The van der Waals surface area contributed by atoms with E-state index in [0.717, 1.165) is 0 Å². The molecule has 0 bridgehead atoms. The quantitative estimate of drug-likeness (QED) is 0.249. The standard InChI is InChI=1S/C20H24N6O4/c1-19(2,3)30-17(27)13-5-4-6-14(9-13)24-20(10-29-11-20)18(28)26-25-16(21)15-7-8-22-12-23-15/h4-9,12,24H,10-11H2,1-3H3,(H2,21,25)(H,26,28). The first-order valence-electron chi connectivity index (χ1n) is 9.29. The van der Waals surface area contributed by atoms with Gasteiger partial charge in [-0.3, -0.25) is 21.1 Å². The number of amidine groups is 1. The van der Waals surface area contributed by atoms with Crippen molar-refractivity contribution in [3.05, 3.63) is 54.1 Å². The van der Waals surface area contributed by atoms with Crippen LogP contribution in [-0.2, 0) is 14.3 Å². The van der Waals surface area contributed by atoms with Gasteiger partial charge in [0, 0.05) is 11.9 Å². The van der Waals surface area contributed by atoms with Crippen LogP contribution < -0.4 is 16.2 Å². The van der Waals surface area contributed by atoms with Crippen molar-refractivity contribution in [2.45, 2.75) is 31.9 Å². The van der Waals surface area contributed by atoms with E-state index in [-0.39, 0.29) is 19.0 Å². The van der Waals surface area contributed by atoms with E-state index in [1.54, 1.807) is 51.1 Å². The van der Waals surface area contributed by atoms with Gasteiger partial charge in [0.1, 0.15) is 17.6 Å². The molecule has 1 aliphatic heterocycles. The summed E-state index contributed by atoms with van der Waals surface area (Å²) in [6.07, 6.45) is 2.81. The Kier molecular flexibility index (Phi) is 5.97. The van der Waals surface area contributed by atoms with Crippen molar-refractivity contribution in [1.29, 1.82) is 5.41 Å². The topological polar surface area (TPSA) is 138 Å². The number of esters is 1. The number of nitrogens with zero attached hydrogens (tertiary/aromatic N) is 2. The molecule has 30 heavy (non-hydrogen) atoms. The molecule has 0 aliphatic carbocycles. The van der Waals surface area contributed by atoms with Gasteiger partial charge in [-0.1, -0.05) is 6.07 Å². The lowest BCUT2D eigenvalue weighted by molar-refractivity contribution is -0.141. The molecular formula is C20H24N6O4. The lowest BCUT2D eigenvalue weighted by Gasteiger charge is -2.41. The Bertz CT molecular complexity index is 938. The molecular weight excluding hydrogens is 388 g/mol. The van der Waals surface area contributed by atoms with Crippen LogP contribution in [0.4, 0.5) is 5.69 Å². The average Bonchev–Trinajstić information content (AvgIpc) is 2.68. The number of amides is 1. The highest BCUT2D eigenvalue weighted by molar-refractivity contribution is 5.98. The SMILES string of the molecule is CC(C)(C)OC(=O)c1cccc(NC2(C(=O)NNC(=N)c3ccncn3)COC2)c1. The fourth-order valence-electron chi connectivity index (χ4n) is 2.64. The van der Waals surface area contributed by atoms with Crippen molar-refractivity contribution in [3.8, 4) is 0 Å². The molecule has 1 amide bonds. The third-order valence-electron chi connectivity index (χ3n) is 4.15. The van der Waals surface area contributed by atoms with Crippen molar-refractivity contribution in [3.63, 3.8) is 0 Å². The fourth-order valence-corrected chi connectivity index (χ4v) is 2.64. The van der Waals surface area contributed by atoms with Crippen LogP contribution in [0.2, 0.25) is 0 Å². The fraction of sp³-hybridized carbons (Fsp3) is 0.350. The molecule has 1 aromatic heterocycles. The van der Waals surface area contributed by atoms with E-state index < -0.39 is 23.0 Å². The van der Waals surface area contributed by atoms with Crippen LogP contribution in [0.5, 0.6) is 0 Å². The minimum absolute atomic E-state index is 0.0759. The monoisotopic (exact) mass is 412 g/mol. The Morgan fingerprint density at radius 1 is 1.20 bits per heavy atom. The van der Waals surface area contributed by atoms with Gasteiger partial charge in [0.05, 0.1) is 18.8 Å². The van der Waals surface area contributed by atoms with Crippen LogP contribution >= 0.6 is 0 Å². The van der Waals surface area contributed by atoms with Gasteiger partial charge in [-0.15, -0.1) is 0 Å². The second-order valence-corrected chi connectivity index (χ2v) is 7.83. The smallest absolute Gasteiger partial charge is 0.338 e. The van der Waals surface area contributed by atoms with Crippen LogP contribution in [-0.4, -0.2) is 52.0 Å². The summed E-state index contributed by atoms with van der Waals surface area (Å²) in [5.41, 5.74) is 4.67. The van der Waals surface area contributed by atoms with E-state index in [1.807, 2.05) is 0 Å². The van der Waals surface area contributed by atoms with E-state index in [2.05, 4.69) is 26.1 Å². The lowest BCUT2D eigenvalue weighted by Crippen LogP contribution is -2.67. The molecule has 0 spiro atoms. The number of ether oxygens (including phenoxy) is 2. The highest BCUT2D eigenvalue weighted by Gasteiger charge is 2.46. The second kappa shape index (κ2) is 8.46. The summed E-state index contributed by atoms with van der Waals surface area (Å²) >= 11 is 0. The number of nitrogens with one attached hydrogen (secondary N) is 4. The lowest BCUT2D eigenvalue weighted by atomic mass is 9.95. The minimum Gasteiger partial charge on any atom is -0.456 e.